The minimum absolute atomic E-state index is 0.00721. The van der Waals surface area contributed by atoms with E-state index < -0.39 is 0 Å². The van der Waals surface area contributed by atoms with E-state index in [4.69, 9.17) is 9.47 Å². The van der Waals surface area contributed by atoms with Crippen molar-refractivity contribution < 1.29 is 19.1 Å². The molecule has 2 heterocycles. The number of Topliss-reactive ketones (excluding diaryl/α,β-unsaturated/α-hetero) is 1. The summed E-state index contributed by atoms with van der Waals surface area (Å²) in [5.74, 6) is 0.985. The lowest BCUT2D eigenvalue weighted by molar-refractivity contribution is -0.135. The Balaban J connectivity index is 1.40. The molecule has 1 saturated heterocycles. The predicted octanol–water partition coefficient (Wildman–Crippen LogP) is 4.18. The molecule has 0 aliphatic carbocycles. The Kier molecular flexibility index (Phi) is 5.65. The van der Waals surface area contributed by atoms with E-state index in [1.54, 1.807) is 6.92 Å². The molecule has 1 N–H and O–H groups in total. The number of fused-ring (bicyclic) bond motifs is 1. The summed E-state index contributed by atoms with van der Waals surface area (Å²) in [6.07, 6.45) is 2.17. The van der Waals surface area contributed by atoms with Crippen LogP contribution in [0.1, 0.15) is 49.5 Å². The molecule has 2 aromatic carbocycles. The third kappa shape index (κ3) is 4.41. The molecule has 2 atom stereocenters. The van der Waals surface area contributed by atoms with Gasteiger partial charge in [0.05, 0.1) is 12.1 Å². The van der Waals surface area contributed by atoms with E-state index in [0.717, 1.165) is 47.3 Å². The molecule has 2 aliphatic heterocycles. The molecule has 5 heteroatoms. The second kappa shape index (κ2) is 8.23. The number of benzene rings is 2. The maximum absolute atomic E-state index is 12.6. The zero-order valence-corrected chi connectivity index (χ0v) is 17.9. The summed E-state index contributed by atoms with van der Waals surface area (Å²) in [7, 11) is 0. The number of carbonyl (C=O) groups excluding carboxylic acids is 2. The van der Waals surface area contributed by atoms with Gasteiger partial charge in [-0.25, -0.2) is 0 Å². The van der Waals surface area contributed by atoms with Crippen LogP contribution in [0.4, 0.5) is 0 Å². The third-order valence-corrected chi connectivity index (χ3v) is 5.99. The molecule has 0 aromatic heterocycles. The summed E-state index contributed by atoms with van der Waals surface area (Å²) < 4.78 is 11.8. The first-order valence-electron chi connectivity index (χ1n) is 10.6. The molecule has 1 fully saturated rings. The van der Waals surface area contributed by atoms with E-state index in [1.807, 2.05) is 50.2 Å². The number of rotatable bonds is 5. The summed E-state index contributed by atoms with van der Waals surface area (Å²) in [4.78, 5) is 24.6. The normalized spacial score (nSPS) is 22.1. The third-order valence-electron chi connectivity index (χ3n) is 5.99. The lowest BCUT2D eigenvalue weighted by Crippen LogP contribution is -2.43. The standard InChI is InChI=1S/C25H29NO4/c1-16(27)21-6-4-5-7-22(21)17-8-9-23-19(12-17)13-20(30-23)15-26-24(28)18-10-11-29-25(2,3)14-18/h4-9,12,18,20H,10-11,13-15H2,1-3H3,(H,26,28)/t18-,20+/m0/s1. The minimum atomic E-state index is -0.243. The highest BCUT2D eigenvalue weighted by Gasteiger charge is 2.33. The second-order valence-corrected chi connectivity index (χ2v) is 8.91. The van der Waals surface area contributed by atoms with Crippen molar-refractivity contribution in [2.45, 2.75) is 51.7 Å². The van der Waals surface area contributed by atoms with Crippen LogP contribution in [0.5, 0.6) is 5.75 Å². The topological polar surface area (TPSA) is 64.6 Å². The molecule has 158 valence electrons. The van der Waals surface area contributed by atoms with E-state index in [0.29, 0.717) is 13.2 Å². The summed E-state index contributed by atoms with van der Waals surface area (Å²) in [6.45, 7) is 6.77. The second-order valence-electron chi connectivity index (χ2n) is 8.91. The van der Waals surface area contributed by atoms with Gasteiger partial charge in [-0.2, -0.15) is 0 Å². The van der Waals surface area contributed by atoms with Crippen LogP contribution in [0.3, 0.4) is 0 Å². The molecule has 5 nitrogen and oxygen atoms in total. The van der Waals surface area contributed by atoms with Crippen molar-refractivity contribution in [3.8, 4) is 16.9 Å². The first-order chi connectivity index (χ1) is 14.3. The molecule has 2 aliphatic rings. The van der Waals surface area contributed by atoms with Gasteiger partial charge in [0.1, 0.15) is 11.9 Å². The highest BCUT2D eigenvalue weighted by atomic mass is 16.5. The number of ether oxygens (including phenoxy) is 2. The molecule has 1 amide bonds. The molecule has 0 radical (unpaired) electrons. The van der Waals surface area contributed by atoms with E-state index in [-0.39, 0.29) is 29.3 Å². The van der Waals surface area contributed by atoms with Crippen LogP contribution in [0.15, 0.2) is 42.5 Å². The maximum Gasteiger partial charge on any atom is 0.223 e. The van der Waals surface area contributed by atoms with Crippen molar-refractivity contribution in [2.75, 3.05) is 13.2 Å². The zero-order valence-electron chi connectivity index (χ0n) is 17.9. The van der Waals surface area contributed by atoms with Crippen LogP contribution in [0, 0.1) is 5.92 Å². The lowest BCUT2D eigenvalue weighted by Gasteiger charge is -2.34. The van der Waals surface area contributed by atoms with Gasteiger partial charge in [-0.15, -0.1) is 0 Å². The van der Waals surface area contributed by atoms with Crippen molar-refractivity contribution in [1.82, 2.24) is 5.32 Å². The first-order valence-corrected chi connectivity index (χ1v) is 10.6. The van der Waals surface area contributed by atoms with Crippen LogP contribution >= 0.6 is 0 Å². The zero-order chi connectivity index (χ0) is 21.3. The molecule has 30 heavy (non-hydrogen) atoms. The van der Waals surface area contributed by atoms with Crippen LogP contribution < -0.4 is 10.1 Å². The molecule has 0 bridgehead atoms. The van der Waals surface area contributed by atoms with E-state index in [1.165, 1.54) is 0 Å². The fraction of sp³-hybridized carbons (Fsp3) is 0.440. The number of ketones is 1. The lowest BCUT2D eigenvalue weighted by atomic mass is 9.88. The summed E-state index contributed by atoms with van der Waals surface area (Å²) in [5, 5.41) is 3.07. The minimum Gasteiger partial charge on any atom is -0.488 e. The molecule has 0 spiro atoms. The number of amides is 1. The van der Waals surface area contributed by atoms with Crippen LogP contribution in [-0.4, -0.2) is 36.5 Å². The van der Waals surface area contributed by atoms with Crippen LogP contribution in [0.2, 0.25) is 0 Å². The number of hydrogen-bond acceptors (Lipinski definition) is 4. The Morgan fingerprint density at radius 1 is 1.17 bits per heavy atom. The number of hydrogen-bond donors (Lipinski definition) is 1. The van der Waals surface area contributed by atoms with Gasteiger partial charge in [-0.05, 0) is 62.4 Å². The average Bonchev–Trinajstić information content (AvgIpc) is 3.13. The molecular weight excluding hydrogens is 378 g/mol. The van der Waals surface area contributed by atoms with Gasteiger partial charge >= 0.3 is 0 Å². The monoisotopic (exact) mass is 407 g/mol. The van der Waals surface area contributed by atoms with Gasteiger partial charge < -0.3 is 14.8 Å². The Hall–Kier alpha value is -2.66. The van der Waals surface area contributed by atoms with E-state index >= 15 is 0 Å². The Labute approximate surface area is 177 Å². The van der Waals surface area contributed by atoms with Gasteiger partial charge in [-0.1, -0.05) is 30.3 Å². The highest BCUT2D eigenvalue weighted by Crippen LogP contribution is 2.34. The van der Waals surface area contributed by atoms with E-state index in [2.05, 4.69) is 11.4 Å². The smallest absolute Gasteiger partial charge is 0.223 e. The predicted molar refractivity (Wildman–Crippen MR) is 116 cm³/mol. The highest BCUT2D eigenvalue weighted by molar-refractivity contribution is 6.00. The molecular formula is C25H29NO4. The van der Waals surface area contributed by atoms with E-state index in [9.17, 15) is 9.59 Å². The fourth-order valence-electron chi connectivity index (χ4n) is 4.46. The number of carbonyl (C=O) groups is 2. The van der Waals surface area contributed by atoms with Gasteiger partial charge in [0.15, 0.2) is 5.78 Å². The van der Waals surface area contributed by atoms with Gasteiger partial charge in [-0.3, -0.25) is 9.59 Å². The van der Waals surface area contributed by atoms with Gasteiger partial charge in [0.2, 0.25) is 5.91 Å². The molecule has 4 rings (SSSR count). The van der Waals surface area contributed by atoms with Crippen molar-refractivity contribution in [2.24, 2.45) is 5.92 Å². The SMILES string of the molecule is CC(=O)c1ccccc1-c1ccc2c(c1)C[C@H](CNC(=O)[C@H]1CCOC(C)(C)C1)O2. The number of nitrogens with one attached hydrogen (secondary N) is 1. The van der Waals surface area contributed by atoms with Crippen molar-refractivity contribution >= 4 is 11.7 Å². The van der Waals surface area contributed by atoms with Gasteiger partial charge in [0.25, 0.3) is 0 Å². The summed E-state index contributed by atoms with van der Waals surface area (Å²) >= 11 is 0. The fourth-order valence-corrected chi connectivity index (χ4v) is 4.46. The van der Waals surface area contributed by atoms with Crippen LogP contribution in [0.25, 0.3) is 11.1 Å². The van der Waals surface area contributed by atoms with Gasteiger partial charge in [0, 0.05) is 24.5 Å². The Bertz CT molecular complexity index is 965. The van der Waals surface area contributed by atoms with Crippen molar-refractivity contribution in [3.63, 3.8) is 0 Å². The van der Waals surface area contributed by atoms with Crippen LogP contribution in [-0.2, 0) is 16.0 Å². The van der Waals surface area contributed by atoms with Crippen molar-refractivity contribution in [3.05, 3.63) is 53.6 Å². The first kappa shape index (κ1) is 20.6. The molecule has 0 unspecified atom stereocenters. The maximum atomic E-state index is 12.6. The summed E-state index contributed by atoms with van der Waals surface area (Å²) in [5.41, 5.74) is 3.54. The molecule has 2 aromatic rings. The van der Waals surface area contributed by atoms with Crippen molar-refractivity contribution in [1.29, 1.82) is 0 Å². The quantitative estimate of drug-likeness (QED) is 0.755. The average molecular weight is 408 g/mol. The Morgan fingerprint density at radius 3 is 2.73 bits per heavy atom. The summed E-state index contributed by atoms with van der Waals surface area (Å²) in [6, 6.07) is 13.7. The largest absolute Gasteiger partial charge is 0.488 e. The molecule has 0 saturated carbocycles. The Morgan fingerprint density at radius 2 is 1.97 bits per heavy atom.